The maximum atomic E-state index is 4.97. The molecule has 0 fully saturated rings. The normalized spacial score (nSPS) is 11.6. The Balaban J connectivity index is 1.83. The second-order valence-electron chi connectivity index (χ2n) is 6.53. The standard InChI is InChI=1S/C22H18N4/c1-3-26-19-7-5-4-6-17(19)25-22(26)18-13-12-16-11-10-15-9-8-14(2)23-20(15)21(16)24-18/h4-13H,3H2,1-2H3. The molecule has 5 aromatic rings. The number of imidazole rings is 1. The van der Waals surface area contributed by atoms with Crippen molar-refractivity contribution in [3.63, 3.8) is 0 Å². The molecule has 0 amide bonds. The summed E-state index contributed by atoms with van der Waals surface area (Å²) < 4.78 is 2.22. The van der Waals surface area contributed by atoms with Gasteiger partial charge in [-0.3, -0.25) is 4.98 Å². The van der Waals surface area contributed by atoms with Crippen LogP contribution in [-0.2, 0) is 6.54 Å². The Morgan fingerprint density at radius 3 is 2.27 bits per heavy atom. The molecule has 0 unspecified atom stereocenters. The van der Waals surface area contributed by atoms with Crippen molar-refractivity contribution in [2.75, 3.05) is 0 Å². The summed E-state index contributed by atoms with van der Waals surface area (Å²) in [5, 5.41) is 2.20. The van der Waals surface area contributed by atoms with Crippen molar-refractivity contribution >= 4 is 32.8 Å². The van der Waals surface area contributed by atoms with Crippen LogP contribution in [-0.4, -0.2) is 19.5 Å². The van der Waals surface area contributed by atoms with E-state index in [-0.39, 0.29) is 0 Å². The number of benzene rings is 2. The number of fused-ring (bicyclic) bond motifs is 4. The fourth-order valence-corrected chi connectivity index (χ4v) is 3.58. The Morgan fingerprint density at radius 1 is 0.769 bits per heavy atom. The Labute approximate surface area is 151 Å². The van der Waals surface area contributed by atoms with Crippen LogP contribution in [0.4, 0.5) is 0 Å². The molecule has 0 N–H and O–H groups in total. The average molecular weight is 338 g/mol. The van der Waals surface area contributed by atoms with E-state index in [1.54, 1.807) is 0 Å². The molecule has 4 nitrogen and oxygen atoms in total. The molecule has 0 aliphatic heterocycles. The number of hydrogen-bond acceptors (Lipinski definition) is 3. The van der Waals surface area contributed by atoms with E-state index in [0.717, 1.165) is 56.6 Å². The minimum atomic E-state index is 0.850. The summed E-state index contributed by atoms with van der Waals surface area (Å²) in [4.78, 5) is 14.5. The summed E-state index contributed by atoms with van der Waals surface area (Å²) in [6.07, 6.45) is 0. The summed E-state index contributed by atoms with van der Waals surface area (Å²) in [7, 11) is 0. The highest BCUT2D eigenvalue weighted by Crippen LogP contribution is 2.28. The minimum absolute atomic E-state index is 0.850. The highest BCUT2D eigenvalue weighted by molar-refractivity contribution is 6.03. The molecule has 0 saturated heterocycles. The third kappa shape index (κ3) is 2.19. The van der Waals surface area contributed by atoms with Gasteiger partial charge in [0.25, 0.3) is 0 Å². The highest BCUT2D eigenvalue weighted by atomic mass is 15.1. The van der Waals surface area contributed by atoms with Crippen molar-refractivity contribution in [1.82, 2.24) is 19.5 Å². The molecule has 3 heterocycles. The SMILES string of the molecule is CCn1c(-c2ccc3ccc4ccc(C)nc4c3n2)nc2ccccc21. The molecule has 0 aliphatic carbocycles. The van der Waals surface area contributed by atoms with Gasteiger partial charge in [-0.25, -0.2) is 9.97 Å². The average Bonchev–Trinajstić information content (AvgIpc) is 3.06. The lowest BCUT2D eigenvalue weighted by atomic mass is 10.1. The predicted molar refractivity (Wildman–Crippen MR) is 106 cm³/mol. The molecule has 0 spiro atoms. The second-order valence-corrected chi connectivity index (χ2v) is 6.53. The van der Waals surface area contributed by atoms with E-state index in [9.17, 15) is 0 Å². The van der Waals surface area contributed by atoms with E-state index in [1.165, 1.54) is 0 Å². The van der Waals surface area contributed by atoms with Crippen LogP contribution in [0.3, 0.4) is 0 Å². The first-order chi connectivity index (χ1) is 12.7. The van der Waals surface area contributed by atoms with Crippen molar-refractivity contribution in [3.05, 3.63) is 66.4 Å². The van der Waals surface area contributed by atoms with Crippen LogP contribution in [0.1, 0.15) is 12.6 Å². The lowest BCUT2D eigenvalue weighted by Crippen LogP contribution is -1.99. The van der Waals surface area contributed by atoms with Crippen LogP contribution in [0.5, 0.6) is 0 Å². The molecule has 0 bridgehead atoms. The zero-order chi connectivity index (χ0) is 17.7. The molecule has 0 saturated carbocycles. The van der Waals surface area contributed by atoms with E-state index in [4.69, 9.17) is 15.0 Å². The van der Waals surface area contributed by atoms with Gasteiger partial charge in [0.2, 0.25) is 0 Å². The van der Waals surface area contributed by atoms with Gasteiger partial charge in [-0.15, -0.1) is 0 Å². The van der Waals surface area contributed by atoms with Crippen LogP contribution in [0, 0.1) is 6.92 Å². The van der Waals surface area contributed by atoms with Crippen molar-refractivity contribution < 1.29 is 0 Å². The Bertz CT molecular complexity index is 1280. The van der Waals surface area contributed by atoms with Crippen molar-refractivity contribution in [2.45, 2.75) is 20.4 Å². The first kappa shape index (κ1) is 15.0. The van der Waals surface area contributed by atoms with E-state index in [0.29, 0.717) is 0 Å². The van der Waals surface area contributed by atoms with Gasteiger partial charge in [0.1, 0.15) is 5.69 Å². The quantitative estimate of drug-likeness (QED) is 0.419. The van der Waals surface area contributed by atoms with Gasteiger partial charge in [0, 0.05) is 23.0 Å². The van der Waals surface area contributed by atoms with Crippen LogP contribution >= 0.6 is 0 Å². The Morgan fingerprint density at radius 2 is 1.46 bits per heavy atom. The molecule has 5 rings (SSSR count). The lowest BCUT2D eigenvalue weighted by molar-refractivity contribution is 0.794. The molecule has 2 aromatic carbocycles. The number of aromatic nitrogens is 4. The number of nitrogens with zero attached hydrogens (tertiary/aromatic N) is 4. The zero-order valence-corrected chi connectivity index (χ0v) is 14.8. The highest BCUT2D eigenvalue weighted by Gasteiger charge is 2.14. The number of para-hydroxylation sites is 2. The largest absolute Gasteiger partial charge is 0.323 e. The van der Waals surface area contributed by atoms with Crippen molar-refractivity contribution in [2.24, 2.45) is 0 Å². The van der Waals surface area contributed by atoms with Gasteiger partial charge < -0.3 is 4.57 Å². The van der Waals surface area contributed by atoms with Crippen LogP contribution in [0.2, 0.25) is 0 Å². The molecule has 26 heavy (non-hydrogen) atoms. The van der Waals surface area contributed by atoms with Gasteiger partial charge in [0.15, 0.2) is 5.82 Å². The van der Waals surface area contributed by atoms with Crippen molar-refractivity contribution in [1.29, 1.82) is 0 Å². The van der Waals surface area contributed by atoms with Crippen LogP contribution in [0.15, 0.2) is 60.7 Å². The van der Waals surface area contributed by atoms with Gasteiger partial charge in [0.05, 0.1) is 22.1 Å². The molecule has 3 aromatic heterocycles. The van der Waals surface area contributed by atoms with Gasteiger partial charge >= 0.3 is 0 Å². The van der Waals surface area contributed by atoms with Crippen molar-refractivity contribution in [3.8, 4) is 11.5 Å². The molecule has 4 heteroatoms. The predicted octanol–water partition coefficient (Wildman–Crippen LogP) is 5.13. The Kier molecular flexibility index (Phi) is 3.25. The number of pyridine rings is 2. The topological polar surface area (TPSA) is 43.6 Å². The fraction of sp³-hybridized carbons (Fsp3) is 0.136. The first-order valence-corrected chi connectivity index (χ1v) is 8.87. The summed E-state index contributed by atoms with van der Waals surface area (Å²) >= 11 is 0. The smallest absolute Gasteiger partial charge is 0.159 e. The summed E-state index contributed by atoms with van der Waals surface area (Å²) in [5.41, 5.74) is 5.89. The lowest BCUT2D eigenvalue weighted by Gasteiger charge is -2.08. The maximum absolute atomic E-state index is 4.97. The minimum Gasteiger partial charge on any atom is -0.323 e. The third-order valence-electron chi connectivity index (χ3n) is 4.86. The number of hydrogen-bond donors (Lipinski definition) is 0. The van der Waals surface area contributed by atoms with E-state index < -0.39 is 0 Å². The second kappa shape index (κ2) is 5.63. The summed E-state index contributed by atoms with van der Waals surface area (Å²) in [5.74, 6) is 0.903. The molecular formula is C22H18N4. The molecule has 126 valence electrons. The first-order valence-electron chi connectivity index (χ1n) is 8.87. The monoisotopic (exact) mass is 338 g/mol. The number of aryl methyl sites for hydroxylation is 2. The van der Waals surface area contributed by atoms with Crippen LogP contribution in [0.25, 0.3) is 44.4 Å². The maximum Gasteiger partial charge on any atom is 0.159 e. The van der Waals surface area contributed by atoms with Gasteiger partial charge in [-0.05, 0) is 38.1 Å². The fourth-order valence-electron chi connectivity index (χ4n) is 3.58. The molecule has 0 atom stereocenters. The molecule has 0 radical (unpaired) electrons. The Hall–Kier alpha value is -3.27. The van der Waals surface area contributed by atoms with E-state index in [2.05, 4.69) is 47.9 Å². The molecule has 0 aliphatic rings. The van der Waals surface area contributed by atoms with Crippen LogP contribution < -0.4 is 0 Å². The zero-order valence-electron chi connectivity index (χ0n) is 14.8. The number of rotatable bonds is 2. The van der Waals surface area contributed by atoms with E-state index >= 15 is 0 Å². The van der Waals surface area contributed by atoms with E-state index in [1.807, 2.05) is 31.2 Å². The summed E-state index contributed by atoms with van der Waals surface area (Å²) in [6.45, 7) is 5.00. The van der Waals surface area contributed by atoms with Gasteiger partial charge in [-0.2, -0.15) is 0 Å². The van der Waals surface area contributed by atoms with Gasteiger partial charge in [-0.1, -0.05) is 36.4 Å². The molecular weight excluding hydrogens is 320 g/mol. The third-order valence-corrected chi connectivity index (χ3v) is 4.86. The summed E-state index contributed by atoms with van der Waals surface area (Å²) in [6, 6.07) is 20.7.